The van der Waals surface area contributed by atoms with E-state index in [0.717, 1.165) is 16.8 Å². The molecule has 0 saturated heterocycles. The van der Waals surface area contributed by atoms with Gasteiger partial charge in [0, 0.05) is 35.9 Å². The van der Waals surface area contributed by atoms with Crippen LogP contribution in [0.3, 0.4) is 0 Å². The molecule has 13 nitrogen and oxygen atoms in total. The zero-order chi connectivity index (χ0) is 31.1. The van der Waals surface area contributed by atoms with Crippen LogP contribution in [0.5, 0.6) is 0 Å². The van der Waals surface area contributed by atoms with Crippen LogP contribution in [0.2, 0.25) is 0 Å². The number of rotatable bonds is 11. The number of carbonyl (C=O) groups excluding carboxylic acids is 2. The molecule has 1 aliphatic carbocycles. The van der Waals surface area contributed by atoms with Crippen molar-refractivity contribution in [2.24, 2.45) is 4.99 Å². The van der Waals surface area contributed by atoms with E-state index < -0.39 is 0 Å². The lowest BCUT2D eigenvalue weighted by atomic mass is 10.0. The van der Waals surface area contributed by atoms with Crippen molar-refractivity contribution in [3.8, 4) is 0 Å². The molecule has 2 atom stereocenters. The number of tetrazole rings is 2. The second kappa shape index (κ2) is 13.7. The van der Waals surface area contributed by atoms with Crippen molar-refractivity contribution in [3.05, 3.63) is 101 Å². The molecular weight excluding hydrogens is 578 g/mol. The number of aromatic nitrogens is 8. The molecule has 2 aromatic carbocycles. The van der Waals surface area contributed by atoms with Gasteiger partial charge in [-0.05, 0) is 77.0 Å². The molecule has 1 amide bonds. The predicted octanol–water partition coefficient (Wildman–Crippen LogP) is 3.57. The summed E-state index contributed by atoms with van der Waals surface area (Å²) in [5, 5.41) is 34.3. The van der Waals surface area contributed by atoms with E-state index in [-0.39, 0.29) is 29.3 Å². The Morgan fingerprint density at radius 3 is 2.43 bits per heavy atom. The normalized spacial score (nSPS) is 15.7. The van der Waals surface area contributed by atoms with E-state index in [0.29, 0.717) is 34.6 Å². The van der Waals surface area contributed by atoms with Gasteiger partial charge in [0.05, 0.1) is 17.3 Å². The summed E-state index contributed by atoms with van der Waals surface area (Å²) in [7, 11) is 0. The van der Waals surface area contributed by atoms with Gasteiger partial charge in [-0.1, -0.05) is 42.5 Å². The molecule has 0 saturated carbocycles. The van der Waals surface area contributed by atoms with Crippen LogP contribution in [-0.2, 0) is 15.1 Å². The predicted molar refractivity (Wildman–Crippen MR) is 168 cm³/mol. The van der Waals surface area contributed by atoms with Crippen LogP contribution in [0.4, 0.5) is 5.69 Å². The quantitative estimate of drug-likeness (QED) is 0.167. The van der Waals surface area contributed by atoms with E-state index in [2.05, 4.69) is 72.5 Å². The minimum Gasteiger partial charge on any atom is -0.371 e. The van der Waals surface area contributed by atoms with Crippen LogP contribution < -0.4 is 10.6 Å². The maximum atomic E-state index is 11.9. The number of nitrogens with zero attached hydrogens (tertiary/aromatic N) is 8. The minimum atomic E-state index is -0.317. The van der Waals surface area contributed by atoms with E-state index in [9.17, 15) is 9.59 Å². The lowest BCUT2D eigenvalue weighted by molar-refractivity contribution is -0.115. The second-order valence-corrected chi connectivity index (χ2v) is 12.1. The molecule has 2 aromatic heterocycles. The first-order valence-electron chi connectivity index (χ1n) is 14.0. The van der Waals surface area contributed by atoms with Crippen molar-refractivity contribution < 1.29 is 9.59 Å². The molecule has 1 aliphatic rings. The monoisotopic (exact) mass is 611 g/mol. The fraction of sp³-hybridized carbons (Fsp3) is 0.300. The van der Waals surface area contributed by atoms with Crippen molar-refractivity contribution in [1.29, 1.82) is 0 Å². The van der Waals surface area contributed by atoms with Crippen LogP contribution in [0, 0.1) is 0 Å². The molecule has 0 bridgehead atoms. The highest BCUT2D eigenvalue weighted by molar-refractivity contribution is 8.04. The Morgan fingerprint density at radius 1 is 1.00 bits per heavy atom. The fourth-order valence-corrected chi connectivity index (χ4v) is 5.53. The number of allylic oxidation sites excluding steroid dienone is 4. The topological polar surface area (TPSA) is 169 Å². The zero-order valence-corrected chi connectivity index (χ0v) is 25.6. The van der Waals surface area contributed by atoms with E-state index >= 15 is 0 Å². The van der Waals surface area contributed by atoms with Crippen LogP contribution in [0.25, 0.3) is 0 Å². The molecule has 3 N–H and O–H groups in total. The maximum Gasteiger partial charge on any atom is 0.243 e. The number of thioether (sulfide) groups is 1. The zero-order valence-electron chi connectivity index (χ0n) is 24.8. The number of ketones is 1. The van der Waals surface area contributed by atoms with Crippen LogP contribution >= 0.6 is 11.8 Å². The number of hydrogen-bond donors (Lipinski definition) is 3. The van der Waals surface area contributed by atoms with Gasteiger partial charge in [-0.15, -0.1) is 22.0 Å². The van der Waals surface area contributed by atoms with Crippen molar-refractivity contribution in [1.82, 2.24) is 46.1 Å². The summed E-state index contributed by atoms with van der Waals surface area (Å²) < 4.78 is 1.84. The van der Waals surface area contributed by atoms with Crippen molar-refractivity contribution >= 4 is 34.9 Å². The lowest BCUT2D eigenvalue weighted by Gasteiger charge is -2.25. The summed E-state index contributed by atoms with van der Waals surface area (Å²) in [4.78, 5) is 28.1. The van der Waals surface area contributed by atoms with E-state index in [1.807, 2.05) is 59.3 Å². The Morgan fingerprint density at radius 2 is 1.75 bits per heavy atom. The average molecular weight is 612 g/mol. The highest BCUT2D eigenvalue weighted by Gasteiger charge is 2.27. The standard InChI is InChI=1S/C30H33N11O2S/c1-19(42)32-24-15-14-23(43)18-25(24)44-17-16-31-26(28-34-37-38-35-28)21-10-12-22(13-11-21)33-27(20-8-6-5-7-9-20)29-36-39-40-41(29)30(2,3)4/h5-15,18,26-27,31,33H,16-17H2,1-4H3,(H,34,35,37,38)/b32-24-. The Hall–Kier alpha value is -4.82. The summed E-state index contributed by atoms with van der Waals surface area (Å²) in [5.74, 6) is 1.44. The number of amides is 1. The van der Waals surface area contributed by atoms with Crippen LogP contribution in [0.1, 0.15) is 62.6 Å². The van der Waals surface area contributed by atoms with Crippen molar-refractivity contribution in [3.63, 3.8) is 0 Å². The average Bonchev–Trinajstić information content (AvgIpc) is 3.71. The molecule has 0 aliphatic heterocycles. The number of hydrogen-bond acceptors (Lipinski definition) is 11. The third-order valence-electron chi connectivity index (χ3n) is 6.63. The molecule has 14 heteroatoms. The summed E-state index contributed by atoms with van der Waals surface area (Å²) in [5.41, 5.74) is 3.05. The first-order valence-corrected chi connectivity index (χ1v) is 15.0. The molecule has 2 unspecified atom stereocenters. The van der Waals surface area contributed by atoms with E-state index in [1.165, 1.54) is 30.8 Å². The Labute approximate surface area is 258 Å². The largest absolute Gasteiger partial charge is 0.371 e. The third kappa shape index (κ3) is 7.57. The first-order chi connectivity index (χ1) is 21.2. The summed E-state index contributed by atoms with van der Waals surface area (Å²) in [6, 6.07) is 17.5. The van der Waals surface area contributed by atoms with E-state index in [4.69, 9.17) is 0 Å². The lowest BCUT2D eigenvalue weighted by Crippen LogP contribution is -2.29. The first kappa shape index (κ1) is 30.6. The minimum absolute atomic E-state index is 0.133. The Bertz CT molecular complexity index is 1670. The molecule has 2 heterocycles. The molecule has 226 valence electrons. The van der Waals surface area contributed by atoms with Gasteiger partial charge < -0.3 is 10.6 Å². The summed E-state index contributed by atoms with van der Waals surface area (Å²) >= 11 is 1.45. The highest BCUT2D eigenvalue weighted by atomic mass is 32.2. The number of nitrogens with one attached hydrogen (secondary N) is 3. The van der Waals surface area contributed by atoms with Gasteiger partial charge in [0.1, 0.15) is 6.04 Å². The molecule has 0 fully saturated rings. The van der Waals surface area contributed by atoms with Crippen molar-refractivity contribution in [2.45, 2.75) is 45.3 Å². The van der Waals surface area contributed by atoms with Gasteiger partial charge in [0.2, 0.25) is 5.91 Å². The molecular formula is C30H33N11O2S. The SMILES string of the molecule is CC(=O)/N=C1/C=CC(=O)C=C1SCCNC(c1ccc(NC(c2ccccc2)c2nnnn2C(C)(C)C)cc1)c1nnn[nH]1. The molecule has 4 aromatic rings. The molecule has 0 radical (unpaired) electrons. The second-order valence-electron chi connectivity index (χ2n) is 11.0. The van der Waals surface area contributed by atoms with Gasteiger partial charge in [-0.25, -0.2) is 14.8 Å². The number of benzene rings is 2. The number of H-pyrrole nitrogens is 1. The van der Waals surface area contributed by atoms with Gasteiger partial charge in [0.15, 0.2) is 17.4 Å². The van der Waals surface area contributed by atoms with Crippen molar-refractivity contribution in [2.75, 3.05) is 17.6 Å². The highest BCUT2D eigenvalue weighted by Crippen LogP contribution is 2.29. The number of aromatic amines is 1. The van der Waals surface area contributed by atoms with Crippen LogP contribution in [0.15, 0.2) is 82.7 Å². The van der Waals surface area contributed by atoms with Gasteiger partial charge in [-0.2, -0.15) is 0 Å². The van der Waals surface area contributed by atoms with E-state index in [1.54, 1.807) is 6.08 Å². The Kier molecular flexibility index (Phi) is 9.50. The fourth-order valence-electron chi connectivity index (χ4n) is 4.63. The van der Waals surface area contributed by atoms with Gasteiger partial charge in [-0.3, -0.25) is 9.59 Å². The maximum absolute atomic E-state index is 11.9. The smallest absolute Gasteiger partial charge is 0.243 e. The van der Waals surface area contributed by atoms with Gasteiger partial charge >= 0.3 is 0 Å². The third-order valence-corrected chi connectivity index (χ3v) is 7.67. The van der Waals surface area contributed by atoms with Crippen LogP contribution in [-0.4, -0.2) is 70.5 Å². The van der Waals surface area contributed by atoms with Gasteiger partial charge in [0.25, 0.3) is 0 Å². The number of anilines is 1. The molecule has 44 heavy (non-hydrogen) atoms. The number of carbonyl (C=O) groups is 2. The Balaban J connectivity index is 1.31. The summed E-state index contributed by atoms with van der Waals surface area (Å²) in [6.45, 7) is 8.14. The molecule has 5 rings (SSSR count). The summed E-state index contributed by atoms with van der Waals surface area (Å²) in [6.07, 6.45) is 4.48. The molecule has 0 spiro atoms. The number of aliphatic imine (C=N–C) groups is 1.